The lowest BCUT2D eigenvalue weighted by molar-refractivity contribution is 0.329. The first-order valence-electron chi connectivity index (χ1n) is 4.11. The van der Waals surface area contributed by atoms with E-state index in [2.05, 4.69) is 32.3 Å². The predicted molar refractivity (Wildman–Crippen MR) is 50.0 cm³/mol. The highest BCUT2D eigenvalue weighted by Crippen LogP contribution is 2.07. The first kappa shape index (κ1) is 11.0. The fourth-order valence-corrected chi connectivity index (χ4v) is 0.660. The van der Waals surface area contributed by atoms with Crippen LogP contribution in [0.4, 0.5) is 0 Å². The molecular weight excluding hydrogens is 150 g/mol. The third-order valence-electron chi connectivity index (χ3n) is 1.80. The molecule has 0 heterocycles. The van der Waals surface area contributed by atoms with E-state index in [-0.39, 0.29) is 0 Å². The van der Waals surface area contributed by atoms with Gasteiger partial charge in [0.15, 0.2) is 0 Å². The van der Waals surface area contributed by atoms with E-state index in [1.54, 1.807) is 12.1 Å². The van der Waals surface area contributed by atoms with Crippen LogP contribution in [0.1, 0.15) is 20.8 Å². The highest BCUT2D eigenvalue weighted by Gasteiger charge is 1.99. The Morgan fingerprint density at radius 2 is 2.25 bits per heavy atom. The minimum Gasteiger partial charge on any atom is -0.302 e. The van der Waals surface area contributed by atoms with Gasteiger partial charge >= 0.3 is 0 Å². The van der Waals surface area contributed by atoms with Crippen molar-refractivity contribution in [3.63, 3.8) is 0 Å². The molecule has 0 aliphatic heterocycles. The molecule has 0 atom stereocenters. The first-order chi connectivity index (χ1) is 5.61. The highest BCUT2D eigenvalue weighted by molar-refractivity contribution is 5.00. The van der Waals surface area contributed by atoms with E-state index in [0.717, 1.165) is 0 Å². The van der Waals surface area contributed by atoms with E-state index in [1.807, 2.05) is 6.20 Å². The summed E-state index contributed by atoms with van der Waals surface area (Å²) in [5.74, 6) is 0.527. The average molecular weight is 167 g/mol. The summed E-state index contributed by atoms with van der Waals surface area (Å²) >= 11 is 0. The molecule has 0 aromatic carbocycles. The van der Waals surface area contributed by atoms with Gasteiger partial charge in [0, 0.05) is 13.2 Å². The van der Waals surface area contributed by atoms with Crippen molar-refractivity contribution in [1.82, 2.24) is 10.4 Å². The number of rotatable bonds is 4. The lowest BCUT2D eigenvalue weighted by Gasteiger charge is -2.17. The molecule has 0 bridgehead atoms. The molecule has 0 spiro atoms. The standard InChI is InChI=1S/C9H17N3/c1-8(2)9(3)7-12(11-4)6-5-10/h7-8,11H,6H2,1-4H3/b9-7+. The number of hydrazine groups is 1. The quantitative estimate of drug-likeness (QED) is 0.509. The Bertz CT molecular complexity index is 188. The van der Waals surface area contributed by atoms with Crippen LogP contribution in [0, 0.1) is 17.2 Å². The van der Waals surface area contributed by atoms with Gasteiger partial charge in [0.05, 0.1) is 6.07 Å². The molecule has 0 fully saturated rings. The van der Waals surface area contributed by atoms with Gasteiger partial charge in [-0.1, -0.05) is 19.4 Å². The molecule has 0 radical (unpaired) electrons. The molecule has 0 unspecified atom stereocenters. The molecule has 0 aliphatic carbocycles. The summed E-state index contributed by atoms with van der Waals surface area (Å²) in [6.07, 6.45) is 1.97. The second-order valence-electron chi connectivity index (χ2n) is 3.04. The maximum atomic E-state index is 8.46. The third-order valence-corrected chi connectivity index (χ3v) is 1.80. The fourth-order valence-electron chi connectivity index (χ4n) is 0.660. The Morgan fingerprint density at radius 1 is 1.67 bits per heavy atom. The van der Waals surface area contributed by atoms with Crippen molar-refractivity contribution in [2.45, 2.75) is 20.8 Å². The molecule has 0 rings (SSSR count). The molecule has 3 nitrogen and oxygen atoms in total. The van der Waals surface area contributed by atoms with Crippen LogP contribution >= 0.6 is 0 Å². The van der Waals surface area contributed by atoms with Crippen LogP contribution in [0.3, 0.4) is 0 Å². The number of hydrogen-bond donors (Lipinski definition) is 1. The second-order valence-corrected chi connectivity index (χ2v) is 3.04. The maximum absolute atomic E-state index is 8.46. The lowest BCUT2D eigenvalue weighted by atomic mass is 10.1. The van der Waals surface area contributed by atoms with Gasteiger partial charge in [-0.25, -0.2) is 5.43 Å². The molecule has 0 aromatic heterocycles. The van der Waals surface area contributed by atoms with Gasteiger partial charge in [-0.05, 0) is 12.8 Å². The molecule has 68 valence electrons. The van der Waals surface area contributed by atoms with Gasteiger partial charge < -0.3 is 5.01 Å². The van der Waals surface area contributed by atoms with Crippen molar-refractivity contribution in [2.75, 3.05) is 13.6 Å². The van der Waals surface area contributed by atoms with Gasteiger partial charge in [-0.15, -0.1) is 0 Å². The fraction of sp³-hybridized carbons (Fsp3) is 0.667. The highest BCUT2D eigenvalue weighted by atomic mass is 15.5. The van der Waals surface area contributed by atoms with E-state index in [1.165, 1.54) is 5.57 Å². The predicted octanol–water partition coefficient (Wildman–Crippen LogP) is 1.51. The van der Waals surface area contributed by atoms with E-state index in [9.17, 15) is 0 Å². The molecule has 3 heteroatoms. The van der Waals surface area contributed by atoms with Crippen LogP contribution in [-0.2, 0) is 0 Å². The number of nitrogens with zero attached hydrogens (tertiary/aromatic N) is 2. The molecule has 0 saturated carbocycles. The van der Waals surface area contributed by atoms with Crippen LogP contribution in [0.5, 0.6) is 0 Å². The summed E-state index contributed by atoms with van der Waals surface area (Å²) in [5.41, 5.74) is 4.19. The minimum atomic E-state index is 0.376. The molecule has 1 N–H and O–H groups in total. The zero-order valence-corrected chi connectivity index (χ0v) is 8.26. The van der Waals surface area contributed by atoms with Crippen LogP contribution in [-0.4, -0.2) is 18.6 Å². The second kappa shape index (κ2) is 5.62. The topological polar surface area (TPSA) is 39.1 Å². The van der Waals surface area contributed by atoms with E-state index in [0.29, 0.717) is 12.5 Å². The van der Waals surface area contributed by atoms with Crippen molar-refractivity contribution < 1.29 is 0 Å². The summed E-state index contributed by atoms with van der Waals surface area (Å²) in [6, 6.07) is 2.08. The van der Waals surface area contributed by atoms with Crippen molar-refractivity contribution in [1.29, 1.82) is 5.26 Å². The number of nitrogens with one attached hydrogen (secondary N) is 1. The number of hydrogen-bond acceptors (Lipinski definition) is 3. The van der Waals surface area contributed by atoms with Crippen molar-refractivity contribution in [3.8, 4) is 6.07 Å². The van der Waals surface area contributed by atoms with Gasteiger partial charge in [0.1, 0.15) is 6.54 Å². The van der Waals surface area contributed by atoms with Crippen molar-refractivity contribution in [3.05, 3.63) is 11.8 Å². The zero-order valence-electron chi connectivity index (χ0n) is 8.26. The number of allylic oxidation sites excluding steroid dienone is 1. The van der Waals surface area contributed by atoms with Crippen LogP contribution in [0.25, 0.3) is 0 Å². The molecule has 0 saturated heterocycles. The third kappa shape index (κ3) is 3.99. The van der Waals surface area contributed by atoms with Crippen LogP contribution in [0.2, 0.25) is 0 Å². The number of nitriles is 1. The smallest absolute Gasteiger partial charge is 0.120 e. The SMILES string of the molecule is CNN(/C=C(\C)C(C)C)CC#N. The summed E-state index contributed by atoms with van der Waals surface area (Å²) in [4.78, 5) is 0. The van der Waals surface area contributed by atoms with E-state index >= 15 is 0 Å². The Hall–Kier alpha value is -1.01. The van der Waals surface area contributed by atoms with Crippen molar-refractivity contribution >= 4 is 0 Å². The van der Waals surface area contributed by atoms with Gasteiger partial charge in [0.2, 0.25) is 0 Å². The molecule has 0 aromatic rings. The van der Waals surface area contributed by atoms with Gasteiger partial charge in [-0.3, -0.25) is 0 Å². The maximum Gasteiger partial charge on any atom is 0.120 e. The summed E-state index contributed by atoms with van der Waals surface area (Å²) in [7, 11) is 1.81. The van der Waals surface area contributed by atoms with E-state index < -0.39 is 0 Å². The summed E-state index contributed by atoms with van der Waals surface area (Å²) in [6.45, 7) is 6.70. The lowest BCUT2D eigenvalue weighted by Crippen LogP contribution is -2.30. The Labute approximate surface area is 74.6 Å². The molecule has 0 aliphatic rings. The van der Waals surface area contributed by atoms with E-state index in [4.69, 9.17) is 5.26 Å². The normalized spacial score (nSPS) is 11.5. The van der Waals surface area contributed by atoms with Crippen molar-refractivity contribution in [2.24, 2.45) is 5.92 Å². The van der Waals surface area contributed by atoms with Crippen LogP contribution in [0.15, 0.2) is 11.8 Å². The summed E-state index contributed by atoms with van der Waals surface area (Å²) < 4.78 is 0. The molecular formula is C9H17N3. The molecule has 0 amide bonds. The Balaban J connectivity index is 4.17. The largest absolute Gasteiger partial charge is 0.302 e. The zero-order chi connectivity index (χ0) is 9.56. The average Bonchev–Trinajstić information content (AvgIpc) is 2.03. The molecule has 12 heavy (non-hydrogen) atoms. The van der Waals surface area contributed by atoms with Crippen LogP contribution < -0.4 is 5.43 Å². The summed E-state index contributed by atoms with van der Waals surface area (Å²) in [5, 5.41) is 10.2. The first-order valence-corrected chi connectivity index (χ1v) is 4.11. The Kier molecular flexibility index (Phi) is 5.14. The monoisotopic (exact) mass is 167 g/mol. The van der Waals surface area contributed by atoms with Gasteiger partial charge in [-0.2, -0.15) is 5.26 Å². The minimum absolute atomic E-state index is 0.376. The van der Waals surface area contributed by atoms with Gasteiger partial charge in [0.25, 0.3) is 0 Å². The Morgan fingerprint density at radius 3 is 2.58 bits per heavy atom.